The highest BCUT2D eigenvalue weighted by Crippen LogP contribution is 2.42. The summed E-state index contributed by atoms with van der Waals surface area (Å²) < 4.78 is 0. The first-order chi connectivity index (χ1) is 8.68. The van der Waals surface area contributed by atoms with Gasteiger partial charge in [0.15, 0.2) is 0 Å². The van der Waals surface area contributed by atoms with E-state index in [-0.39, 0.29) is 0 Å². The average Bonchev–Trinajstić information content (AvgIpc) is 2.82. The highest BCUT2D eigenvalue weighted by Gasteiger charge is 2.27. The molecule has 0 heteroatoms. The van der Waals surface area contributed by atoms with Gasteiger partial charge in [-0.25, -0.2) is 0 Å². The molecule has 1 atom stereocenters. The summed E-state index contributed by atoms with van der Waals surface area (Å²) in [6.45, 7) is 6.79. The Morgan fingerprint density at radius 3 is 2.39 bits per heavy atom. The Kier molecular flexibility index (Phi) is 2.74. The van der Waals surface area contributed by atoms with Crippen LogP contribution in [0.1, 0.15) is 45.7 Å². The Bertz CT molecular complexity index is 579. The van der Waals surface area contributed by atoms with Gasteiger partial charge in [0.1, 0.15) is 0 Å². The SMILES string of the molecule is Cc1cc(C)c2c(c1C)C(c1ccccc1)CC2. The molecule has 0 saturated carbocycles. The zero-order valence-electron chi connectivity index (χ0n) is 11.5. The molecule has 0 nitrogen and oxygen atoms in total. The minimum atomic E-state index is 0.611. The largest absolute Gasteiger partial charge is 0.0622 e. The smallest absolute Gasteiger partial charge is 0.00980 e. The van der Waals surface area contributed by atoms with Gasteiger partial charge >= 0.3 is 0 Å². The maximum absolute atomic E-state index is 2.35. The van der Waals surface area contributed by atoms with E-state index in [1.807, 2.05) is 0 Å². The van der Waals surface area contributed by atoms with Gasteiger partial charge in [-0.2, -0.15) is 0 Å². The van der Waals surface area contributed by atoms with E-state index in [0.717, 1.165) is 0 Å². The lowest BCUT2D eigenvalue weighted by atomic mass is 9.87. The standard InChI is InChI=1S/C18H20/c1-12-11-13(2)16-9-10-17(18(16)14(12)3)15-7-5-4-6-8-15/h4-8,11,17H,9-10H2,1-3H3. The molecular formula is C18H20. The third kappa shape index (κ3) is 1.68. The van der Waals surface area contributed by atoms with Gasteiger partial charge in [0.05, 0.1) is 0 Å². The number of hydrogen-bond acceptors (Lipinski definition) is 0. The van der Waals surface area contributed by atoms with Crippen LogP contribution >= 0.6 is 0 Å². The van der Waals surface area contributed by atoms with Gasteiger partial charge in [-0.3, -0.25) is 0 Å². The van der Waals surface area contributed by atoms with Crippen LogP contribution < -0.4 is 0 Å². The summed E-state index contributed by atoms with van der Waals surface area (Å²) in [4.78, 5) is 0. The third-order valence-electron chi connectivity index (χ3n) is 4.46. The summed E-state index contributed by atoms with van der Waals surface area (Å²) in [5, 5.41) is 0. The molecule has 3 rings (SSSR count). The Morgan fingerprint density at radius 2 is 1.67 bits per heavy atom. The van der Waals surface area contributed by atoms with Crippen molar-refractivity contribution in [1.82, 2.24) is 0 Å². The van der Waals surface area contributed by atoms with Crippen molar-refractivity contribution in [3.63, 3.8) is 0 Å². The van der Waals surface area contributed by atoms with Crippen molar-refractivity contribution < 1.29 is 0 Å². The van der Waals surface area contributed by atoms with Crippen LogP contribution in [-0.2, 0) is 6.42 Å². The van der Waals surface area contributed by atoms with Gasteiger partial charge < -0.3 is 0 Å². The van der Waals surface area contributed by atoms with Gasteiger partial charge in [0.25, 0.3) is 0 Å². The topological polar surface area (TPSA) is 0 Å². The minimum absolute atomic E-state index is 0.611. The molecule has 0 bridgehead atoms. The highest BCUT2D eigenvalue weighted by atomic mass is 14.3. The Morgan fingerprint density at radius 1 is 0.944 bits per heavy atom. The highest BCUT2D eigenvalue weighted by molar-refractivity contribution is 5.52. The molecule has 2 aromatic rings. The van der Waals surface area contributed by atoms with E-state index >= 15 is 0 Å². The zero-order chi connectivity index (χ0) is 12.7. The molecule has 0 amide bonds. The van der Waals surface area contributed by atoms with Crippen LogP contribution in [0.4, 0.5) is 0 Å². The molecule has 0 aliphatic heterocycles. The van der Waals surface area contributed by atoms with Crippen molar-refractivity contribution in [2.45, 2.75) is 39.5 Å². The van der Waals surface area contributed by atoms with Gasteiger partial charge in [-0.15, -0.1) is 0 Å². The predicted molar refractivity (Wildman–Crippen MR) is 77.3 cm³/mol. The van der Waals surface area contributed by atoms with Crippen molar-refractivity contribution >= 4 is 0 Å². The van der Waals surface area contributed by atoms with Gasteiger partial charge in [-0.1, -0.05) is 36.4 Å². The molecule has 1 aliphatic carbocycles. The summed E-state index contributed by atoms with van der Waals surface area (Å²) in [6.07, 6.45) is 2.51. The fraction of sp³-hybridized carbons (Fsp3) is 0.333. The normalized spacial score (nSPS) is 17.8. The van der Waals surface area contributed by atoms with Crippen molar-refractivity contribution in [1.29, 1.82) is 0 Å². The van der Waals surface area contributed by atoms with E-state index in [4.69, 9.17) is 0 Å². The molecule has 0 heterocycles. The molecule has 0 saturated heterocycles. The van der Waals surface area contributed by atoms with E-state index in [2.05, 4.69) is 57.2 Å². The molecule has 92 valence electrons. The summed E-state index contributed by atoms with van der Waals surface area (Å²) >= 11 is 0. The second-order valence-corrected chi connectivity index (χ2v) is 5.53. The minimum Gasteiger partial charge on any atom is -0.0622 e. The molecule has 0 spiro atoms. The van der Waals surface area contributed by atoms with Crippen LogP contribution in [0.25, 0.3) is 0 Å². The fourth-order valence-corrected chi connectivity index (χ4v) is 3.43. The molecule has 0 N–H and O–H groups in total. The molecule has 1 unspecified atom stereocenters. The molecule has 1 aliphatic rings. The maximum Gasteiger partial charge on any atom is 0.00980 e. The maximum atomic E-state index is 2.35. The van der Waals surface area contributed by atoms with Crippen molar-refractivity contribution in [3.8, 4) is 0 Å². The average molecular weight is 236 g/mol. The van der Waals surface area contributed by atoms with E-state index in [0.29, 0.717) is 5.92 Å². The Balaban J connectivity index is 2.17. The van der Waals surface area contributed by atoms with Crippen LogP contribution in [0.15, 0.2) is 36.4 Å². The van der Waals surface area contributed by atoms with Crippen LogP contribution in [0.3, 0.4) is 0 Å². The van der Waals surface area contributed by atoms with E-state index in [1.54, 1.807) is 11.1 Å². The van der Waals surface area contributed by atoms with E-state index in [1.165, 1.54) is 35.1 Å². The molecule has 0 aromatic heterocycles. The fourth-order valence-electron chi connectivity index (χ4n) is 3.43. The first-order valence-electron chi connectivity index (χ1n) is 6.83. The second-order valence-electron chi connectivity index (χ2n) is 5.53. The van der Waals surface area contributed by atoms with Gasteiger partial charge in [0.2, 0.25) is 0 Å². The number of rotatable bonds is 1. The monoisotopic (exact) mass is 236 g/mol. The zero-order valence-corrected chi connectivity index (χ0v) is 11.5. The third-order valence-corrected chi connectivity index (χ3v) is 4.46. The van der Waals surface area contributed by atoms with Crippen molar-refractivity contribution in [2.24, 2.45) is 0 Å². The lowest BCUT2D eigenvalue weighted by Crippen LogP contribution is -2.01. The lowest BCUT2D eigenvalue weighted by Gasteiger charge is -2.17. The number of fused-ring (bicyclic) bond motifs is 1. The number of benzene rings is 2. The predicted octanol–water partition coefficient (Wildman–Crippen LogP) is 4.69. The van der Waals surface area contributed by atoms with E-state index < -0.39 is 0 Å². The molecule has 0 fully saturated rings. The van der Waals surface area contributed by atoms with Crippen LogP contribution in [-0.4, -0.2) is 0 Å². The number of hydrogen-bond donors (Lipinski definition) is 0. The second kappa shape index (κ2) is 4.28. The summed E-state index contributed by atoms with van der Waals surface area (Å²) in [5.74, 6) is 0.611. The van der Waals surface area contributed by atoms with Crippen molar-refractivity contribution in [3.05, 3.63) is 69.8 Å². The van der Waals surface area contributed by atoms with Gasteiger partial charge in [0, 0.05) is 5.92 Å². The summed E-state index contributed by atoms with van der Waals surface area (Å²) in [5.41, 5.74) is 9.11. The quantitative estimate of drug-likeness (QED) is 0.674. The van der Waals surface area contributed by atoms with Crippen LogP contribution in [0.2, 0.25) is 0 Å². The van der Waals surface area contributed by atoms with Crippen LogP contribution in [0, 0.1) is 20.8 Å². The number of aryl methyl sites for hydroxylation is 2. The first-order valence-corrected chi connectivity index (χ1v) is 6.83. The van der Waals surface area contributed by atoms with Crippen molar-refractivity contribution in [2.75, 3.05) is 0 Å². The summed E-state index contributed by atoms with van der Waals surface area (Å²) in [7, 11) is 0. The Hall–Kier alpha value is -1.56. The van der Waals surface area contributed by atoms with Gasteiger partial charge in [-0.05, 0) is 67.0 Å². The summed E-state index contributed by atoms with van der Waals surface area (Å²) in [6, 6.07) is 13.3. The molecule has 18 heavy (non-hydrogen) atoms. The first kappa shape index (κ1) is 11.5. The molecule has 2 aromatic carbocycles. The molecule has 0 radical (unpaired) electrons. The Labute approximate surface area is 110 Å². The lowest BCUT2D eigenvalue weighted by molar-refractivity contribution is 0.784. The van der Waals surface area contributed by atoms with E-state index in [9.17, 15) is 0 Å². The molecular weight excluding hydrogens is 216 g/mol. The van der Waals surface area contributed by atoms with Crippen LogP contribution in [0.5, 0.6) is 0 Å².